The van der Waals surface area contributed by atoms with Crippen molar-refractivity contribution >= 4 is 22.0 Å². The zero-order valence-corrected chi connectivity index (χ0v) is 9.63. The van der Waals surface area contributed by atoms with E-state index in [1.165, 1.54) is 0 Å². The van der Waals surface area contributed by atoms with E-state index in [0.717, 1.165) is 19.3 Å². The predicted octanol–water partition coefficient (Wildman–Crippen LogP) is 2.42. The zero-order chi connectivity index (χ0) is 10.1. The summed E-state index contributed by atoms with van der Waals surface area (Å²) in [6.45, 7) is 4.26. The number of ether oxygens (including phenoxy) is 1. The number of alkyl halides is 1. The Morgan fingerprint density at radius 3 is 2.77 bits per heavy atom. The van der Waals surface area contributed by atoms with Crippen molar-refractivity contribution in [2.24, 2.45) is 11.7 Å². The molecule has 1 saturated carbocycles. The Kier molecular flexibility index (Phi) is 3.22. The fraction of sp³-hybridized carbons (Fsp3) is 0.889. The van der Waals surface area contributed by atoms with Gasteiger partial charge in [0.1, 0.15) is 6.10 Å². The van der Waals surface area contributed by atoms with Crippen molar-refractivity contribution in [1.82, 2.24) is 0 Å². The Bertz CT molecular complexity index is 206. The highest BCUT2D eigenvalue weighted by Crippen LogP contribution is 2.39. The summed E-state index contributed by atoms with van der Waals surface area (Å²) in [4.78, 5) is 10.6. The Morgan fingerprint density at radius 1 is 1.69 bits per heavy atom. The molecule has 1 fully saturated rings. The van der Waals surface area contributed by atoms with E-state index in [-0.39, 0.29) is 10.4 Å². The molecule has 0 aromatic carbocycles. The number of primary amides is 1. The van der Waals surface area contributed by atoms with Gasteiger partial charge in [-0.15, -0.1) is 0 Å². The summed E-state index contributed by atoms with van der Waals surface area (Å²) in [5, 5.41) is 0. The molecule has 1 aliphatic carbocycles. The molecule has 1 amide bonds. The Balaban J connectivity index is 2.49. The van der Waals surface area contributed by atoms with Gasteiger partial charge in [-0.05, 0) is 32.1 Å². The van der Waals surface area contributed by atoms with Crippen LogP contribution >= 0.6 is 15.9 Å². The van der Waals surface area contributed by atoms with E-state index < -0.39 is 6.09 Å². The maximum atomic E-state index is 10.6. The van der Waals surface area contributed by atoms with Crippen molar-refractivity contribution in [2.75, 3.05) is 0 Å². The normalized spacial score (nSPS) is 39.9. The van der Waals surface area contributed by atoms with E-state index in [1.54, 1.807) is 0 Å². The van der Waals surface area contributed by atoms with Crippen LogP contribution in [0.3, 0.4) is 0 Å². The average molecular weight is 250 g/mol. The van der Waals surface area contributed by atoms with Crippen LogP contribution in [0.2, 0.25) is 0 Å². The predicted molar refractivity (Wildman–Crippen MR) is 54.8 cm³/mol. The van der Waals surface area contributed by atoms with Crippen LogP contribution in [0.1, 0.15) is 33.1 Å². The molecule has 3 unspecified atom stereocenters. The molecule has 13 heavy (non-hydrogen) atoms. The lowest BCUT2D eigenvalue weighted by molar-refractivity contribution is 0.0429. The summed E-state index contributed by atoms with van der Waals surface area (Å²) in [6.07, 6.45) is 2.28. The monoisotopic (exact) mass is 249 g/mol. The maximum absolute atomic E-state index is 10.6. The minimum atomic E-state index is -0.657. The molecule has 0 saturated heterocycles. The fourth-order valence-corrected chi connectivity index (χ4v) is 2.70. The van der Waals surface area contributed by atoms with Crippen LogP contribution in [0.15, 0.2) is 0 Å². The average Bonchev–Trinajstić information content (AvgIpc) is 1.93. The number of carbonyl (C=O) groups is 1. The molecule has 3 atom stereocenters. The molecular weight excluding hydrogens is 234 g/mol. The Morgan fingerprint density at radius 2 is 2.31 bits per heavy atom. The number of halogens is 1. The molecule has 0 spiro atoms. The molecular formula is C9H16BrNO2. The lowest BCUT2D eigenvalue weighted by Crippen LogP contribution is -2.37. The van der Waals surface area contributed by atoms with E-state index in [2.05, 4.69) is 29.8 Å². The van der Waals surface area contributed by atoms with Crippen LogP contribution in [0.25, 0.3) is 0 Å². The van der Waals surface area contributed by atoms with Gasteiger partial charge in [0.05, 0.1) is 0 Å². The van der Waals surface area contributed by atoms with Gasteiger partial charge in [0.2, 0.25) is 0 Å². The third-order valence-electron chi connectivity index (χ3n) is 2.60. The smallest absolute Gasteiger partial charge is 0.404 e. The Labute approximate surface area is 87.1 Å². The first-order valence-corrected chi connectivity index (χ1v) is 5.35. The van der Waals surface area contributed by atoms with Crippen molar-refractivity contribution in [3.8, 4) is 0 Å². The largest absolute Gasteiger partial charge is 0.446 e. The first kappa shape index (κ1) is 10.8. The van der Waals surface area contributed by atoms with Gasteiger partial charge in [0.25, 0.3) is 0 Å². The van der Waals surface area contributed by atoms with Gasteiger partial charge in [-0.3, -0.25) is 0 Å². The van der Waals surface area contributed by atoms with Crippen LogP contribution in [-0.4, -0.2) is 16.5 Å². The Hall–Kier alpha value is -0.250. The van der Waals surface area contributed by atoms with Gasteiger partial charge in [-0.2, -0.15) is 0 Å². The van der Waals surface area contributed by atoms with Crippen molar-refractivity contribution in [1.29, 1.82) is 0 Å². The van der Waals surface area contributed by atoms with Gasteiger partial charge in [-0.1, -0.05) is 22.9 Å². The molecule has 0 aliphatic heterocycles. The van der Waals surface area contributed by atoms with Crippen LogP contribution < -0.4 is 5.73 Å². The molecule has 0 radical (unpaired) electrons. The molecule has 0 bridgehead atoms. The first-order chi connectivity index (χ1) is 5.91. The van der Waals surface area contributed by atoms with Gasteiger partial charge in [0.15, 0.2) is 0 Å². The molecule has 1 rings (SSSR count). The topological polar surface area (TPSA) is 52.3 Å². The molecule has 1 aliphatic rings. The lowest BCUT2D eigenvalue weighted by Gasteiger charge is -2.36. The highest BCUT2D eigenvalue weighted by Gasteiger charge is 2.35. The number of rotatable bonds is 1. The standard InChI is InChI=1S/C9H16BrNO2/c1-6-5-9(2,10)4-3-7(6)13-8(11)12/h6-7H,3-5H2,1-2H3,(H2,11,12). The summed E-state index contributed by atoms with van der Waals surface area (Å²) in [5.74, 6) is 0.380. The van der Waals surface area contributed by atoms with Gasteiger partial charge < -0.3 is 10.5 Å². The third kappa shape index (κ3) is 3.18. The third-order valence-corrected chi connectivity index (χ3v) is 3.32. The second kappa shape index (κ2) is 3.86. The van der Waals surface area contributed by atoms with Crippen molar-refractivity contribution in [3.63, 3.8) is 0 Å². The van der Waals surface area contributed by atoms with Crippen molar-refractivity contribution in [2.45, 2.75) is 43.5 Å². The maximum Gasteiger partial charge on any atom is 0.404 e. The molecule has 0 heterocycles. The highest BCUT2D eigenvalue weighted by molar-refractivity contribution is 9.10. The fourth-order valence-electron chi connectivity index (χ4n) is 1.96. The SMILES string of the molecule is CC1CC(C)(Br)CCC1OC(N)=O. The summed E-state index contributed by atoms with van der Waals surface area (Å²) in [7, 11) is 0. The van der Waals surface area contributed by atoms with E-state index in [0.29, 0.717) is 5.92 Å². The van der Waals surface area contributed by atoms with Crippen LogP contribution in [-0.2, 0) is 4.74 Å². The number of hydrogen-bond acceptors (Lipinski definition) is 2. The molecule has 3 nitrogen and oxygen atoms in total. The zero-order valence-electron chi connectivity index (χ0n) is 8.05. The number of hydrogen-bond donors (Lipinski definition) is 1. The van der Waals surface area contributed by atoms with Gasteiger partial charge >= 0.3 is 6.09 Å². The van der Waals surface area contributed by atoms with Crippen LogP contribution in [0.4, 0.5) is 4.79 Å². The summed E-state index contributed by atoms with van der Waals surface area (Å²) < 4.78 is 5.21. The van der Waals surface area contributed by atoms with Gasteiger partial charge in [0, 0.05) is 4.32 Å². The van der Waals surface area contributed by atoms with Crippen molar-refractivity contribution in [3.05, 3.63) is 0 Å². The number of nitrogens with two attached hydrogens (primary N) is 1. The van der Waals surface area contributed by atoms with Gasteiger partial charge in [-0.25, -0.2) is 4.79 Å². The van der Waals surface area contributed by atoms with E-state index >= 15 is 0 Å². The van der Waals surface area contributed by atoms with E-state index in [9.17, 15) is 4.79 Å². The first-order valence-electron chi connectivity index (χ1n) is 4.56. The number of carbonyl (C=O) groups excluding carboxylic acids is 1. The second-order valence-electron chi connectivity index (χ2n) is 4.11. The summed E-state index contributed by atoms with van der Waals surface area (Å²) >= 11 is 3.65. The minimum absolute atomic E-state index is 0.00289. The number of amides is 1. The van der Waals surface area contributed by atoms with Crippen molar-refractivity contribution < 1.29 is 9.53 Å². The molecule has 2 N–H and O–H groups in total. The van der Waals surface area contributed by atoms with Crippen LogP contribution in [0.5, 0.6) is 0 Å². The van der Waals surface area contributed by atoms with E-state index in [4.69, 9.17) is 10.5 Å². The summed E-state index contributed by atoms with van der Waals surface area (Å²) in [5.41, 5.74) is 4.98. The quantitative estimate of drug-likeness (QED) is 0.726. The molecule has 0 aromatic heterocycles. The molecule has 76 valence electrons. The van der Waals surface area contributed by atoms with E-state index in [1.807, 2.05) is 0 Å². The lowest BCUT2D eigenvalue weighted by atomic mass is 9.81. The summed E-state index contributed by atoms with van der Waals surface area (Å²) in [6, 6.07) is 0. The minimum Gasteiger partial charge on any atom is -0.446 e. The molecule has 0 aromatic rings. The highest BCUT2D eigenvalue weighted by atomic mass is 79.9. The molecule has 4 heteroatoms. The van der Waals surface area contributed by atoms with Crippen LogP contribution in [0, 0.1) is 5.92 Å². The second-order valence-corrected chi connectivity index (χ2v) is 6.02.